The summed E-state index contributed by atoms with van der Waals surface area (Å²) in [6.07, 6.45) is 1.19. The van der Waals surface area contributed by atoms with E-state index in [1.54, 1.807) is 48.7 Å². The molecular formula is C22H26N6O4S. The average Bonchev–Trinajstić information content (AvgIpc) is 2.77. The number of sulfonamides is 1. The van der Waals surface area contributed by atoms with Crippen LogP contribution in [0.4, 0.5) is 22.1 Å². The van der Waals surface area contributed by atoms with Crippen molar-refractivity contribution in [2.45, 2.75) is 11.3 Å². The Labute approximate surface area is 192 Å². The van der Waals surface area contributed by atoms with Gasteiger partial charge < -0.3 is 15.3 Å². The van der Waals surface area contributed by atoms with Gasteiger partial charge in [-0.2, -0.15) is 0 Å². The Morgan fingerprint density at radius 3 is 2.30 bits per heavy atom. The minimum Gasteiger partial charge on any atom is -0.465 e. The largest absolute Gasteiger partial charge is 0.465 e. The lowest BCUT2D eigenvalue weighted by molar-refractivity contribution is 0.209. The van der Waals surface area contributed by atoms with Crippen molar-refractivity contribution in [1.29, 1.82) is 0 Å². The van der Waals surface area contributed by atoms with E-state index < -0.39 is 16.1 Å². The van der Waals surface area contributed by atoms with Gasteiger partial charge in [-0.3, -0.25) is 5.32 Å². The molecule has 0 spiro atoms. The molecule has 0 unspecified atom stereocenters. The van der Waals surface area contributed by atoms with Crippen molar-refractivity contribution in [3.8, 4) is 11.3 Å². The van der Waals surface area contributed by atoms with Crippen molar-refractivity contribution in [2.75, 3.05) is 37.8 Å². The average molecular weight is 471 g/mol. The molecule has 1 aromatic heterocycles. The number of benzene rings is 2. The fourth-order valence-electron chi connectivity index (χ4n) is 2.96. The van der Waals surface area contributed by atoms with Gasteiger partial charge in [-0.25, -0.2) is 27.9 Å². The van der Waals surface area contributed by atoms with Crippen LogP contribution in [-0.2, 0) is 10.0 Å². The summed E-state index contributed by atoms with van der Waals surface area (Å²) in [5, 5.41) is 14.1. The Kier molecular flexibility index (Phi) is 7.93. The van der Waals surface area contributed by atoms with Crippen molar-refractivity contribution < 1.29 is 18.3 Å². The Balaban J connectivity index is 1.65. The summed E-state index contributed by atoms with van der Waals surface area (Å²) in [7, 11) is 0.308. The number of carbonyl (C=O) groups is 1. The predicted octanol–water partition coefficient (Wildman–Crippen LogP) is 3.21. The summed E-state index contributed by atoms with van der Waals surface area (Å²) >= 11 is 0. The summed E-state index contributed by atoms with van der Waals surface area (Å²) in [6, 6.07) is 14.9. The first-order chi connectivity index (χ1) is 15.7. The Hall–Kier alpha value is -3.54. The van der Waals surface area contributed by atoms with E-state index in [4.69, 9.17) is 5.11 Å². The lowest BCUT2D eigenvalue weighted by Crippen LogP contribution is -2.27. The van der Waals surface area contributed by atoms with Gasteiger partial charge in [-0.15, -0.1) is 0 Å². The molecule has 4 N–H and O–H groups in total. The minimum absolute atomic E-state index is 0.183. The second-order valence-corrected chi connectivity index (χ2v) is 9.24. The van der Waals surface area contributed by atoms with Crippen LogP contribution in [0.25, 0.3) is 11.3 Å². The summed E-state index contributed by atoms with van der Waals surface area (Å²) < 4.78 is 27.5. The number of hydrogen-bond donors (Lipinski definition) is 4. The molecule has 174 valence electrons. The first-order valence-corrected chi connectivity index (χ1v) is 11.7. The normalized spacial score (nSPS) is 11.4. The molecule has 0 aliphatic heterocycles. The number of nitrogens with one attached hydrogen (secondary N) is 3. The first kappa shape index (κ1) is 24.1. The molecular weight excluding hydrogens is 444 g/mol. The van der Waals surface area contributed by atoms with Gasteiger partial charge in [0.15, 0.2) is 0 Å². The van der Waals surface area contributed by atoms with Crippen LogP contribution in [0.2, 0.25) is 0 Å². The third-order valence-corrected chi connectivity index (χ3v) is 6.06. The van der Waals surface area contributed by atoms with Gasteiger partial charge in [0.2, 0.25) is 16.0 Å². The number of aromatic nitrogens is 2. The van der Waals surface area contributed by atoms with Crippen molar-refractivity contribution in [3.63, 3.8) is 0 Å². The van der Waals surface area contributed by atoms with E-state index in [2.05, 4.69) is 25.3 Å². The minimum atomic E-state index is -3.57. The van der Waals surface area contributed by atoms with Gasteiger partial charge in [-0.1, -0.05) is 12.1 Å². The lowest BCUT2D eigenvalue weighted by atomic mass is 10.1. The maximum Gasteiger partial charge on any atom is 0.409 e. The Morgan fingerprint density at radius 1 is 1.00 bits per heavy atom. The number of nitrogens with zero attached hydrogens (tertiary/aromatic N) is 3. The van der Waals surface area contributed by atoms with E-state index in [-0.39, 0.29) is 4.90 Å². The molecule has 0 fully saturated rings. The van der Waals surface area contributed by atoms with Crippen molar-refractivity contribution in [1.82, 2.24) is 19.6 Å². The molecule has 2 aromatic carbocycles. The molecule has 0 bridgehead atoms. The standard InChI is InChI=1S/C22H26N6O4S/c1-28(2)15-3-13-24-33(31,32)19-10-8-17(9-11-19)25-21-23-14-12-20(27-21)16-4-6-18(7-5-16)26-22(29)30/h4-12,14,24,26H,3,13,15H2,1-2H3,(H,29,30)(H,23,25,27). The van der Waals surface area contributed by atoms with Crippen molar-refractivity contribution >= 4 is 33.4 Å². The molecule has 1 heterocycles. The summed E-state index contributed by atoms with van der Waals surface area (Å²) in [5.41, 5.74) is 2.54. The van der Waals surface area contributed by atoms with Gasteiger partial charge >= 0.3 is 6.09 Å². The molecule has 10 nitrogen and oxygen atoms in total. The third-order valence-electron chi connectivity index (χ3n) is 4.58. The van der Waals surface area contributed by atoms with Gasteiger partial charge in [0.1, 0.15) is 0 Å². The SMILES string of the molecule is CN(C)CCCNS(=O)(=O)c1ccc(Nc2nccc(-c3ccc(NC(=O)O)cc3)n2)cc1. The molecule has 0 saturated heterocycles. The van der Waals surface area contributed by atoms with Crippen LogP contribution >= 0.6 is 0 Å². The van der Waals surface area contributed by atoms with Crippen LogP contribution < -0.4 is 15.4 Å². The van der Waals surface area contributed by atoms with Gasteiger partial charge in [0.05, 0.1) is 10.6 Å². The molecule has 3 aromatic rings. The van der Waals surface area contributed by atoms with E-state index in [0.29, 0.717) is 29.6 Å². The zero-order valence-corrected chi connectivity index (χ0v) is 19.1. The molecule has 1 amide bonds. The van der Waals surface area contributed by atoms with Crippen molar-refractivity contribution in [3.05, 3.63) is 60.8 Å². The highest BCUT2D eigenvalue weighted by Crippen LogP contribution is 2.22. The number of amides is 1. The van der Waals surface area contributed by atoms with Crippen LogP contribution in [0.15, 0.2) is 65.7 Å². The van der Waals surface area contributed by atoms with Crippen molar-refractivity contribution in [2.24, 2.45) is 0 Å². The number of rotatable bonds is 10. The molecule has 0 saturated carbocycles. The zero-order chi connectivity index (χ0) is 23.8. The van der Waals surface area contributed by atoms with Crippen LogP contribution in [0.1, 0.15) is 6.42 Å². The van der Waals surface area contributed by atoms with Crippen LogP contribution in [0, 0.1) is 0 Å². The molecule has 0 radical (unpaired) electrons. The highest BCUT2D eigenvalue weighted by atomic mass is 32.2. The monoisotopic (exact) mass is 470 g/mol. The highest BCUT2D eigenvalue weighted by Gasteiger charge is 2.13. The van der Waals surface area contributed by atoms with E-state index in [1.165, 1.54) is 12.1 Å². The van der Waals surface area contributed by atoms with Crippen LogP contribution in [0.3, 0.4) is 0 Å². The summed E-state index contributed by atoms with van der Waals surface area (Å²) in [4.78, 5) is 21.6. The third kappa shape index (κ3) is 7.24. The molecule has 0 aliphatic rings. The fraction of sp³-hybridized carbons (Fsp3) is 0.227. The van der Waals surface area contributed by atoms with Gasteiger partial charge in [0, 0.05) is 29.7 Å². The van der Waals surface area contributed by atoms with E-state index >= 15 is 0 Å². The second-order valence-electron chi connectivity index (χ2n) is 7.48. The molecule has 0 atom stereocenters. The van der Waals surface area contributed by atoms with Crippen LogP contribution in [0.5, 0.6) is 0 Å². The Bertz CT molecular complexity index is 1180. The molecule has 3 rings (SSSR count). The summed E-state index contributed by atoms with van der Waals surface area (Å²) in [5.74, 6) is 0.345. The zero-order valence-electron chi connectivity index (χ0n) is 18.3. The van der Waals surface area contributed by atoms with E-state index in [9.17, 15) is 13.2 Å². The quantitative estimate of drug-likeness (QED) is 0.332. The molecule has 33 heavy (non-hydrogen) atoms. The van der Waals surface area contributed by atoms with E-state index in [1.807, 2.05) is 19.0 Å². The van der Waals surface area contributed by atoms with E-state index in [0.717, 1.165) is 18.5 Å². The molecule has 0 aliphatic carbocycles. The maximum atomic E-state index is 12.4. The lowest BCUT2D eigenvalue weighted by Gasteiger charge is -2.11. The first-order valence-electron chi connectivity index (χ1n) is 10.2. The van der Waals surface area contributed by atoms with Gasteiger partial charge in [-0.05, 0) is 69.5 Å². The second kappa shape index (κ2) is 10.9. The summed E-state index contributed by atoms with van der Waals surface area (Å²) in [6.45, 7) is 1.17. The smallest absolute Gasteiger partial charge is 0.409 e. The predicted molar refractivity (Wildman–Crippen MR) is 127 cm³/mol. The highest BCUT2D eigenvalue weighted by molar-refractivity contribution is 7.89. The maximum absolute atomic E-state index is 12.4. The van der Waals surface area contributed by atoms with Gasteiger partial charge in [0.25, 0.3) is 0 Å². The number of hydrogen-bond acceptors (Lipinski definition) is 7. The fourth-order valence-corrected chi connectivity index (χ4v) is 4.03. The topological polar surface area (TPSA) is 137 Å². The molecule has 11 heteroatoms. The number of anilines is 3. The van der Waals surface area contributed by atoms with Crippen LogP contribution in [-0.4, -0.2) is 61.7 Å². The number of carboxylic acid groups (broad SMARTS) is 1. The Morgan fingerprint density at radius 2 is 1.67 bits per heavy atom.